The Morgan fingerprint density at radius 2 is 2.16 bits per heavy atom. The lowest BCUT2D eigenvalue weighted by atomic mass is 9.92. The van der Waals surface area contributed by atoms with E-state index >= 15 is 0 Å². The number of rotatable bonds is 3. The zero-order valence-corrected chi connectivity index (χ0v) is 11.8. The topological polar surface area (TPSA) is 72.9 Å². The summed E-state index contributed by atoms with van der Waals surface area (Å²) in [6.45, 7) is 6.29. The summed E-state index contributed by atoms with van der Waals surface area (Å²) in [7, 11) is 1.64. The highest BCUT2D eigenvalue weighted by Crippen LogP contribution is 2.26. The Labute approximate surface area is 112 Å². The Morgan fingerprint density at radius 1 is 1.47 bits per heavy atom. The lowest BCUT2D eigenvalue weighted by molar-refractivity contribution is -0.129. The van der Waals surface area contributed by atoms with Gasteiger partial charge < -0.3 is 15.6 Å². The standard InChI is InChI=1S/C14H20N4O/c1-9-6-5-7-10-11(9)17-13(15)18(10)8-14(2,3)12(19)16-4/h5-7H,8H2,1-4H3,(H2,15,17)(H,16,19). The van der Waals surface area contributed by atoms with Gasteiger partial charge in [0.05, 0.1) is 16.4 Å². The van der Waals surface area contributed by atoms with Crippen molar-refractivity contribution in [3.05, 3.63) is 23.8 Å². The van der Waals surface area contributed by atoms with Gasteiger partial charge in [0, 0.05) is 13.6 Å². The molecular weight excluding hydrogens is 240 g/mol. The zero-order chi connectivity index (χ0) is 14.2. The molecule has 0 fully saturated rings. The van der Waals surface area contributed by atoms with Crippen molar-refractivity contribution in [3.8, 4) is 0 Å². The highest BCUT2D eigenvalue weighted by atomic mass is 16.2. The Morgan fingerprint density at radius 3 is 2.79 bits per heavy atom. The van der Waals surface area contributed by atoms with Gasteiger partial charge in [0.1, 0.15) is 0 Å². The molecule has 1 aromatic heterocycles. The molecule has 0 spiro atoms. The number of nitrogen functional groups attached to an aromatic ring is 1. The number of carbonyl (C=O) groups is 1. The van der Waals surface area contributed by atoms with Crippen LogP contribution >= 0.6 is 0 Å². The third-order valence-corrected chi connectivity index (χ3v) is 3.41. The average Bonchev–Trinajstić information content (AvgIpc) is 2.67. The maximum absolute atomic E-state index is 11.9. The van der Waals surface area contributed by atoms with Crippen molar-refractivity contribution in [1.29, 1.82) is 0 Å². The molecule has 1 amide bonds. The van der Waals surface area contributed by atoms with Gasteiger partial charge in [-0.2, -0.15) is 0 Å². The fourth-order valence-corrected chi connectivity index (χ4v) is 2.28. The number of aromatic nitrogens is 2. The molecule has 0 radical (unpaired) electrons. The SMILES string of the molecule is CNC(=O)C(C)(C)Cn1c(N)nc2c(C)cccc21. The van der Waals surface area contributed by atoms with Crippen molar-refractivity contribution in [2.24, 2.45) is 5.41 Å². The van der Waals surface area contributed by atoms with Crippen LogP contribution in [0, 0.1) is 12.3 Å². The van der Waals surface area contributed by atoms with Crippen LogP contribution in [0.15, 0.2) is 18.2 Å². The quantitative estimate of drug-likeness (QED) is 0.882. The fraction of sp³-hybridized carbons (Fsp3) is 0.429. The first-order valence-electron chi connectivity index (χ1n) is 6.30. The Bertz CT molecular complexity index is 628. The molecule has 0 aliphatic heterocycles. The van der Waals surface area contributed by atoms with Crippen LogP contribution < -0.4 is 11.1 Å². The van der Waals surface area contributed by atoms with E-state index in [1.54, 1.807) is 7.05 Å². The van der Waals surface area contributed by atoms with E-state index in [4.69, 9.17) is 5.73 Å². The predicted octanol–water partition coefficient (Wildman–Crippen LogP) is 1.70. The molecule has 0 aliphatic carbocycles. The molecule has 0 unspecified atom stereocenters. The molecule has 0 bridgehead atoms. The van der Waals surface area contributed by atoms with Crippen molar-refractivity contribution in [1.82, 2.24) is 14.9 Å². The summed E-state index contributed by atoms with van der Waals surface area (Å²) in [5.41, 5.74) is 8.40. The van der Waals surface area contributed by atoms with Gasteiger partial charge in [0.2, 0.25) is 11.9 Å². The number of hydrogen-bond acceptors (Lipinski definition) is 3. The first-order valence-corrected chi connectivity index (χ1v) is 6.30. The van der Waals surface area contributed by atoms with Crippen molar-refractivity contribution >= 4 is 22.9 Å². The molecule has 102 valence electrons. The summed E-state index contributed by atoms with van der Waals surface area (Å²) < 4.78 is 1.90. The minimum atomic E-state index is -0.541. The number of para-hydroxylation sites is 1. The zero-order valence-electron chi connectivity index (χ0n) is 11.8. The van der Waals surface area contributed by atoms with E-state index in [0.717, 1.165) is 16.6 Å². The van der Waals surface area contributed by atoms with E-state index in [9.17, 15) is 4.79 Å². The van der Waals surface area contributed by atoms with Crippen LogP contribution in [-0.2, 0) is 11.3 Å². The number of carbonyl (C=O) groups excluding carboxylic acids is 1. The first kappa shape index (κ1) is 13.4. The molecule has 19 heavy (non-hydrogen) atoms. The van der Waals surface area contributed by atoms with Crippen molar-refractivity contribution < 1.29 is 4.79 Å². The van der Waals surface area contributed by atoms with Gasteiger partial charge in [0.15, 0.2) is 0 Å². The van der Waals surface area contributed by atoms with Gasteiger partial charge in [0.25, 0.3) is 0 Å². The second-order valence-corrected chi connectivity index (χ2v) is 5.46. The average molecular weight is 260 g/mol. The highest BCUT2D eigenvalue weighted by Gasteiger charge is 2.28. The van der Waals surface area contributed by atoms with Crippen LogP contribution in [-0.4, -0.2) is 22.5 Å². The van der Waals surface area contributed by atoms with E-state index < -0.39 is 5.41 Å². The Balaban J connectivity index is 2.49. The number of benzene rings is 1. The van der Waals surface area contributed by atoms with Gasteiger partial charge >= 0.3 is 0 Å². The lowest BCUT2D eigenvalue weighted by Gasteiger charge is -2.23. The molecule has 1 aromatic carbocycles. The molecule has 0 saturated carbocycles. The van der Waals surface area contributed by atoms with Crippen molar-refractivity contribution in [2.45, 2.75) is 27.3 Å². The summed E-state index contributed by atoms with van der Waals surface area (Å²) >= 11 is 0. The normalized spacial score (nSPS) is 11.8. The van der Waals surface area contributed by atoms with Crippen LogP contribution in [0.2, 0.25) is 0 Å². The fourth-order valence-electron chi connectivity index (χ4n) is 2.28. The minimum Gasteiger partial charge on any atom is -0.369 e. The number of imidazole rings is 1. The third kappa shape index (κ3) is 2.28. The third-order valence-electron chi connectivity index (χ3n) is 3.41. The highest BCUT2D eigenvalue weighted by molar-refractivity contribution is 5.83. The molecule has 2 aromatic rings. The first-order chi connectivity index (χ1) is 8.86. The summed E-state index contributed by atoms with van der Waals surface area (Å²) in [6.07, 6.45) is 0. The molecule has 0 aliphatic rings. The molecule has 0 atom stereocenters. The maximum atomic E-state index is 11.9. The van der Waals surface area contributed by atoms with Gasteiger partial charge in [-0.3, -0.25) is 4.79 Å². The number of aryl methyl sites for hydroxylation is 1. The van der Waals surface area contributed by atoms with E-state index in [2.05, 4.69) is 10.3 Å². The van der Waals surface area contributed by atoms with E-state index in [1.165, 1.54) is 0 Å². The van der Waals surface area contributed by atoms with Crippen molar-refractivity contribution in [3.63, 3.8) is 0 Å². The second-order valence-electron chi connectivity index (χ2n) is 5.46. The van der Waals surface area contributed by atoms with Gasteiger partial charge in [-0.05, 0) is 32.4 Å². The lowest BCUT2D eigenvalue weighted by Crippen LogP contribution is -2.37. The molecule has 2 rings (SSSR count). The summed E-state index contributed by atoms with van der Waals surface area (Å²) in [5, 5.41) is 2.68. The van der Waals surface area contributed by atoms with Crippen LogP contribution in [0.5, 0.6) is 0 Å². The number of nitrogens with zero attached hydrogens (tertiary/aromatic N) is 2. The Hall–Kier alpha value is -2.04. The molecule has 3 N–H and O–H groups in total. The Kier molecular flexibility index (Phi) is 3.22. The maximum Gasteiger partial charge on any atom is 0.227 e. The number of fused-ring (bicyclic) bond motifs is 1. The van der Waals surface area contributed by atoms with Crippen LogP contribution in [0.3, 0.4) is 0 Å². The van der Waals surface area contributed by atoms with Crippen molar-refractivity contribution in [2.75, 3.05) is 12.8 Å². The number of hydrogen-bond donors (Lipinski definition) is 2. The number of nitrogens with two attached hydrogens (primary N) is 1. The van der Waals surface area contributed by atoms with E-state index in [0.29, 0.717) is 12.5 Å². The number of nitrogens with one attached hydrogen (secondary N) is 1. The summed E-state index contributed by atoms with van der Waals surface area (Å²) in [5.74, 6) is 0.433. The molecular formula is C14H20N4O. The van der Waals surface area contributed by atoms with Crippen LogP contribution in [0.25, 0.3) is 11.0 Å². The number of anilines is 1. The summed E-state index contributed by atoms with van der Waals surface area (Å²) in [4.78, 5) is 16.3. The molecule has 5 nitrogen and oxygen atoms in total. The second kappa shape index (κ2) is 4.57. The van der Waals surface area contributed by atoms with E-state index in [1.807, 2.05) is 43.5 Å². The van der Waals surface area contributed by atoms with Crippen LogP contribution in [0.1, 0.15) is 19.4 Å². The minimum absolute atomic E-state index is 0.0126. The molecule has 5 heteroatoms. The number of amides is 1. The predicted molar refractivity (Wildman–Crippen MR) is 76.7 cm³/mol. The van der Waals surface area contributed by atoms with Gasteiger partial charge in [-0.1, -0.05) is 12.1 Å². The van der Waals surface area contributed by atoms with Gasteiger partial charge in [-0.25, -0.2) is 4.98 Å². The smallest absolute Gasteiger partial charge is 0.227 e. The van der Waals surface area contributed by atoms with Crippen LogP contribution in [0.4, 0.5) is 5.95 Å². The van der Waals surface area contributed by atoms with Gasteiger partial charge in [-0.15, -0.1) is 0 Å². The monoisotopic (exact) mass is 260 g/mol. The molecule has 0 saturated heterocycles. The molecule has 1 heterocycles. The largest absolute Gasteiger partial charge is 0.369 e. The summed E-state index contributed by atoms with van der Waals surface area (Å²) in [6, 6.07) is 5.96. The van der Waals surface area contributed by atoms with E-state index in [-0.39, 0.29) is 5.91 Å².